The largest absolute Gasteiger partial charge is 0.309 e. The molecule has 0 bridgehead atoms. The van der Waals surface area contributed by atoms with Crippen molar-refractivity contribution in [3.63, 3.8) is 0 Å². The van der Waals surface area contributed by atoms with E-state index in [1.165, 1.54) is 65.2 Å². The van der Waals surface area contributed by atoms with Crippen molar-refractivity contribution in [2.45, 2.75) is 15.6 Å². The van der Waals surface area contributed by atoms with E-state index in [4.69, 9.17) is 4.98 Å². The molecule has 0 unspecified atom stereocenters. The maximum atomic E-state index is 5.30. The van der Waals surface area contributed by atoms with Crippen LogP contribution in [0.1, 0.15) is 16.7 Å². The minimum atomic E-state index is -0.640. The molecule has 0 atom stereocenters. The Kier molecular flexibility index (Phi) is 6.45. The number of fused-ring (bicyclic) bond motifs is 10. The van der Waals surface area contributed by atoms with Gasteiger partial charge in [0.25, 0.3) is 0 Å². The molecule has 4 heterocycles. The van der Waals surface area contributed by atoms with Crippen LogP contribution >= 0.6 is 11.8 Å². The molecule has 4 nitrogen and oxygen atoms in total. The molecule has 0 aliphatic carbocycles. The van der Waals surface area contributed by atoms with Crippen molar-refractivity contribution >= 4 is 66.4 Å². The summed E-state index contributed by atoms with van der Waals surface area (Å²) in [6.07, 6.45) is 0. The molecule has 55 heavy (non-hydrogen) atoms. The molecule has 1 aliphatic heterocycles. The monoisotopic (exact) mass is 720 g/mol. The number of rotatable bonds is 4. The molecular formula is C50H32N4S. The molecule has 0 radical (unpaired) electrons. The topological polar surface area (TPSA) is 27.7 Å². The zero-order valence-corrected chi connectivity index (χ0v) is 30.5. The third kappa shape index (κ3) is 4.21. The number of aromatic nitrogens is 4. The lowest BCUT2D eigenvalue weighted by Crippen LogP contribution is -2.40. The Balaban J connectivity index is 1.16. The molecule has 11 aromatic rings. The standard InChI is InChI=1S/C50H32N4S/c1-4-16-33(17-5-1)50(34-18-6-2-7-19-34)41-29-28-36(30-48(41)55-49-51-42-24-12-15-27-45(42)54(49)50)53-44-26-14-11-23-38(44)40-31-46-39(32-47(40)53)37-22-10-13-25-43(37)52(46)35-20-8-3-9-21-35/h1-32H. The number of imidazole rings is 1. The fourth-order valence-electron chi connectivity index (χ4n) is 9.31. The summed E-state index contributed by atoms with van der Waals surface area (Å²) in [5, 5.41) is 5.94. The minimum Gasteiger partial charge on any atom is -0.309 e. The molecule has 1 aliphatic rings. The van der Waals surface area contributed by atoms with Gasteiger partial charge in [0.05, 0.1) is 33.1 Å². The summed E-state index contributed by atoms with van der Waals surface area (Å²) in [6.45, 7) is 0. The van der Waals surface area contributed by atoms with Crippen LogP contribution in [-0.2, 0) is 5.54 Å². The maximum absolute atomic E-state index is 5.30. The van der Waals surface area contributed by atoms with Crippen LogP contribution in [0, 0.1) is 0 Å². The Bertz CT molecular complexity index is 3240. The molecule has 0 amide bonds. The first-order chi connectivity index (χ1) is 27.3. The van der Waals surface area contributed by atoms with Crippen LogP contribution < -0.4 is 0 Å². The van der Waals surface area contributed by atoms with Crippen molar-refractivity contribution in [3.8, 4) is 11.4 Å². The SMILES string of the molecule is c1ccc(-n2c3ccccc3c3cc4c(cc32)c2ccccc2n4-c2ccc3c(c2)Sc2nc4ccccc4n2C3(c2ccccc2)c2ccccc2)cc1. The van der Waals surface area contributed by atoms with Gasteiger partial charge >= 0.3 is 0 Å². The van der Waals surface area contributed by atoms with Gasteiger partial charge in [-0.3, -0.25) is 4.57 Å². The minimum absolute atomic E-state index is 0.640. The van der Waals surface area contributed by atoms with Gasteiger partial charge in [-0.2, -0.15) is 0 Å². The molecule has 8 aromatic carbocycles. The number of para-hydroxylation sites is 5. The first kappa shape index (κ1) is 30.6. The second kappa shape index (κ2) is 11.6. The van der Waals surface area contributed by atoms with Crippen molar-refractivity contribution in [2.75, 3.05) is 0 Å². The van der Waals surface area contributed by atoms with E-state index < -0.39 is 5.54 Å². The van der Waals surface area contributed by atoms with Crippen molar-refractivity contribution in [2.24, 2.45) is 0 Å². The highest BCUT2D eigenvalue weighted by Gasteiger charge is 2.45. The molecule has 0 N–H and O–H groups in total. The van der Waals surface area contributed by atoms with Crippen molar-refractivity contribution in [1.82, 2.24) is 18.7 Å². The Hall–Kier alpha value is -6.82. The summed E-state index contributed by atoms with van der Waals surface area (Å²) in [4.78, 5) is 6.49. The van der Waals surface area contributed by atoms with E-state index in [0.717, 1.165) is 27.6 Å². The van der Waals surface area contributed by atoms with Crippen molar-refractivity contribution < 1.29 is 0 Å². The van der Waals surface area contributed by atoms with E-state index in [1.807, 2.05) is 0 Å². The predicted molar refractivity (Wildman–Crippen MR) is 227 cm³/mol. The Morgan fingerprint density at radius 3 is 1.53 bits per heavy atom. The van der Waals surface area contributed by atoms with Crippen LogP contribution in [0.4, 0.5) is 0 Å². The number of benzene rings is 8. The fourth-order valence-corrected chi connectivity index (χ4v) is 10.5. The normalized spacial score (nSPS) is 13.5. The van der Waals surface area contributed by atoms with Gasteiger partial charge in [0.2, 0.25) is 0 Å². The number of hydrogen-bond acceptors (Lipinski definition) is 2. The third-order valence-electron chi connectivity index (χ3n) is 11.5. The van der Waals surface area contributed by atoms with Gasteiger partial charge < -0.3 is 9.13 Å². The summed E-state index contributed by atoms with van der Waals surface area (Å²) in [6, 6.07) is 70.7. The van der Waals surface area contributed by atoms with Crippen LogP contribution in [-0.4, -0.2) is 18.7 Å². The Morgan fingerprint density at radius 2 is 0.909 bits per heavy atom. The van der Waals surface area contributed by atoms with Crippen LogP contribution in [0.3, 0.4) is 0 Å². The van der Waals surface area contributed by atoms with E-state index in [0.29, 0.717) is 0 Å². The molecule has 5 heteroatoms. The molecule has 0 fully saturated rings. The summed E-state index contributed by atoms with van der Waals surface area (Å²) >= 11 is 1.76. The average Bonchev–Trinajstić information content (AvgIpc) is 3.90. The van der Waals surface area contributed by atoms with E-state index >= 15 is 0 Å². The fraction of sp³-hybridized carbons (Fsp3) is 0.0200. The second-order valence-corrected chi connectivity index (χ2v) is 15.4. The lowest BCUT2D eigenvalue weighted by molar-refractivity contribution is 0.473. The predicted octanol–water partition coefficient (Wildman–Crippen LogP) is 12.5. The van der Waals surface area contributed by atoms with Gasteiger partial charge in [0, 0.05) is 43.4 Å². The first-order valence-corrected chi connectivity index (χ1v) is 19.5. The smallest absolute Gasteiger partial charge is 0.175 e. The van der Waals surface area contributed by atoms with Crippen molar-refractivity contribution in [3.05, 3.63) is 211 Å². The van der Waals surface area contributed by atoms with Crippen LogP contribution in [0.5, 0.6) is 0 Å². The summed E-state index contributed by atoms with van der Waals surface area (Å²) < 4.78 is 7.34. The maximum Gasteiger partial charge on any atom is 0.175 e. The highest BCUT2D eigenvalue weighted by Crippen LogP contribution is 2.53. The van der Waals surface area contributed by atoms with Crippen LogP contribution in [0.15, 0.2) is 204 Å². The molecular weight excluding hydrogens is 689 g/mol. The number of hydrogen-bond donors (Lipinski definition) is 0. The average molecular weight is 721 g/mol. The summed E-state index contributed by atoms with van der Waals surface area (Å²) in [7, 11) is 0. The van der Waals surface area contributed by atoms with Gasteiger partial charge in [-0.25, -0.2) is 4.98 Å². The lowest BCUT2D eigenvalue weighted by atomic mass is 9.76. The summed E-state index contributed by atoms with van der Waals surface area (Å²) in [5.74, 6) is 0. The van der Waals surface area contributed by atoms with Crippen LogP contribution in [0.2, 0.25) is 0 Å². The van der Waals surface area contributed by atoms with E-state index in [2.05, 4.69) is 208 Å². The zero-order chi connectivity index (χ0) is 36.1. The van der Waals surface area contributed by atoms with Gasteiger partial charge in [0.1, 0.15) is 5.54 Å². The lowest BCUT2D eigenvalue weighted by Gasteiger charge is -2.42. The molecule has 3 aromatic heterocycles. The molecule has 0 saturated carbocycles. The van der Waals surface area contributed by atoms with E-state index in [9.17, 15) is 0 Å². The molecule has 258 valence electrons. The van der Waals surface area contributed by atoms with Crippen LogP contribution in [0.25, 0.3) is 66.0 Å². The number of nitrogens with zero attached hydrogens (tertiary/aromatic N) is 4. The second-order valence-electron chi connectivity index (χ2n) is 14.4. The van der Waals surface area contributed by atoms with Gasteiger partial charge in [-0.15, -0.1) is 0 Å². The van der Waals surface area contributed by atoms with Crippen molar-refractivity contribution in [1.29, 1.82) is 0 Å². The third-order valence-corrected chi connectivity index (χ3v) is 12.6. The molecule has 0 spiro atoms. The summed E-state index contributed by atoms with van der Waals surface area (Å²) in [5.41, 5.74) is 12.2. The highest BCUT2D eigenvalue weighted by atomic mass is 32.2. The highest BCUT2D eigenvalue weighted by molar-refractivity contribution is 7.99. The molecule has 12 rings (SSSR count). The first-order valence-electron chi connectivity index (χ1n) is 18.7. The van der Waals surface area contributed by atoms with E-state index in [-0.39, 0.29) is 0 Å². The van der Waals surface area contributed by atoms with Gasteiger partial charge in [-0.1, -0.05) is 145 Å². The van der Waals surface area contributed by atoms with Gasteiger partial charge in [-0.05, 0) is 71.8 Å². The quantitative estimate of drug-likeness (QED) is 0.181. The van der Waals surface area contributed by atoms with E-state index in [1.54, 1.807) is 11.8 Å². The van der Waals surface area contributed by atoms with Gasteiger partial charge in [0.15, 0.2) is 5.16 Å². The Labute approximate surface area is 321 Å². The molecule has 0 saturated heterocycles. The zero-order valence-electron chi connectivity index (χ0n) is 29.7. The Morgan fingerprint density at radius 1 is 0.400 bits per heavy atom.